The molecule has 118 valence electrons. The van der Waals surface area contributed by atoms with Crippen molar-refractivity contribution in [3.8, 4) is 11.8 Å². The van der Waals surface area contributed by atoms with Gasteiger partial charge in [-0.2, -0.15) is 5.26 Å². The molecule has 0 atom stereocenters. The van der Waals surface area contributed by atoms with Crippen LogP contribution in [0.5, 0.6) is 5.75 Å². The molecule has 0 bridgehead atoms. The van der Waals surface area contributed by atoms with E-state index < -0.39 is 0 Å². The van der Waals surface area contributed by atoms with Gasteiger partial charge in [0, 0.05) is 5.69 Å². The maximum atomic E-state index is 11.9. The van der Waals surface area contributed by atoms with E-state index in [0.717, 1.165) is 12.1 Å². The smallest absolute Gasteiger partial charge is 0.262 e. The first-order valence-electron chi connectivity index (χ1n) is 7.73. The summed E-state index contributed by atoms with van der Waals surface area (Å²) in [4.78, 5) is 11.9. The van der Waals surface area contributed by atoms with Crippen molar-refractivity contribution in [1.82, 2.24) is 0 Å². The van der Waals surface area contributed by atoms with E-state index in [1.54, 1.807) is 24.3 Å². The molecule has 1 amide bonds. The predicted molar refractivity (Wildman–Crippen MR) is 90.3 cm³/mol. The molecule has 0 spiro atoms. The number of rotatable bonds is 7. The van der Waals surface area contributed by atoms with Crippen LogP contribution in [0.1, 0.15) is 30.9 Å². The quantitative estimate of drug-likeness (QED) is 0.843. The molecule has 0 radical (unpaired) electrons. The van der Waals surface area contributed by atoms with Crippen LogP contribution in [-0.2, 0) is 11.2 Å². The monoisotopic (exact) mass is 308 g/mol. The Bertz CT molecular complexity index is 670. The number of aryl methyl sites for hydroxylation is 1. The Labute approximate surface area is 136 Å². The molecule has 2 rings (SSSR count). The van der Waals surface area contributed by atoms with E-state index in [1.165, 1.54) is 18.4 Å². The number of carbonyl (C=O) groups is 1. The van der Waals surface area contributed by atoms with Crippen LogP contribution in [0, 0.1) is 11.3 Å². The molecule has 2 aromatic rings. The van der Waals surface area contributed by atoms with Crippen molar-refractivity contribution in [3.05, 3.63) is 59.7 Å². The highest BCUT2D eigenvalue weighted by molar-refractivity contribution is 5.91. The summed E-state index contributed by atoms with van der Waals surface area (Å²) in [5, 5.41) is 11.5. The van der Waals surface area contributed by atoms with Gasteiger partial charge in [-0.25, -0.2) is 0 Å². The summed E-state index contributed by atoms with van der Waals surface area (Å²) in [6.07, 6.45) is 3.40. The molecule has 4 nitrogen and oxygen atoms in total. The normalized spacial score (nSPS) is 9.91. The second-order valence-electron chi connectivity index (χ2n) is 5.27. The molecule has 0 saturated heterocycles. The van der Waals surface area contributed by atoms with Crippen LogP contribution < -0.4 is 10.1 Å². The van der Waals surface area contributed by atoms with E-state index in [0.29, 0.717) is 11.3 Å². The van der Waals surface area contributed by atoms with Crippen LogP contribution in [0.25, 0.3) is 0 Å². The van der Waals surface area contributed by atoms with Gasteiger partial charge in [0.05, 0.1) is 11.6 Å². The zero-order chi connectivity index (χ0) is 16.5. The minimum absolute atomic E-state index is 0.0660. The second kappa shape index (κ2) is 8.60. The van der Waals surface area contributed by atoms with Crippen molar-refractivity contribution in [2.24, 2.45) is 0 Å². The fraction of sp³-hybridized carbons (Fsp3) is 0.263. The van der Waals surface area contributed by atoms with E-state index in [-0.39, 0.29) is 12.5 Å². The summed E-state index contributed by atoms with van der Waals surface area (Å²) in [5.74, 6) is 0.352. The van der Waals surface area contributed by atoms with Gasteiger partial charge in [0.2, 0.25) is 0 Å². The molecule has 0 fully saturated rings. The van der Waals surface area contributed by atoms with Crippen LogP contribution in [-0.4, -0.2) is 12.5 Å². The van der Waals surface area contributed by atoms with Gasteiger partial charge in [-0.1, -0.05) is 25.5 Å². The molecule has 0 aliphatic heterocycles. The topological polar surface area (TPSA) is 62.1 Å². The Morgan fingerprint density at radius 2 is 1.83 bits per heavy atom. The SMILES string of the molecule is CCCCc1ccc(NC(=O)COc2ccc(C#N)cc2)cc1. The highest BCUT2D eigenvalue weighted by Crippen LogP contribution is 2.13. The minimum atomic E-state index is -0.212. The van der Waals surface area contributed by atoms with E-state index in [1.807, 2.05) is 30.3 Å². The standard InChI is InChI=1S/C19H20N2O2/c1-2-3-4-15-5-9-17(10-6-15)21-19(22)14-23-18-11-7-16(13-20)8-12-18/h5-12H,2-4,14H2,1H3,(H,21,22). The predicted octanol–water partition coefficient (Wildman–Crippen LogP) is 3.92. The van der Waals surface area contributed by atoms with Gasteiger partial charge in [0.25, 0.3) is 5.91 Å². The van der Waals surface area contributed by atoms with Gasteiger partial charge in [-0.05, 0) is 54.8 Å². The van der Waals surface area contributed by atoms with Gasteiger partial charge in [-0.15, -0.1) is 0 Å². The maximum absolute atomic E-state index is 11.9. The lowest BCUT2D eigenvalue weighted by Crippen LogP contribution is -2.20. The molecule has 0 aliphatic rings. The summed E-state index contributed by atoms with van der Waals surface area (Å²) >= 11 is 0. The summed E-state index contributed by atoms with van der Waals surface area (Å²) in [5.41, 5.74) is 2.60. The number of nitrogens with zero attached hydrogens (tertiary/aromatic N) is 1. The van der Waals surface area contributed by atoms with E-state index in [2.05, 4.69) is 12.2 Å². The number of anilines is 1. The zero-order valence-electron chi connectivity index (χ0n) is 13.2. The van der Waals surface area contributed by atoms with Crippen LogP contribution in [0.4, 0.5) is 5.69 Å². The van der Waals surface area contributed by atoms with Crippen LogP contribution in [0.15, 0.2) is 48.5 Å². The van der Waals surface area contributed by atoms with Crippen molar-refractivity contribution < 1.29 is 9.53 Å². The first-order chi connectivity index (χ1) is 11.2. The lowest BCUT2D eigenvalue weighted by atomic mass is 10.1. The second-order valence-corrected chi connectivity index (χ2v) is 5.27. The third kappa shape index (κ3) is 5.48. The molecule has 23 heavy (non-hydrogen) atoms. The number of benzene rings is 2. The van der Waals surface area contributed by atoms with E-state index >= 15 is 0 Å². The average molecular weight is 308 g/mol. The fourth-order valence-electron chi connectivity index (χ4n) is 2.11. The molecule has 0 aliphatic carbocycles. The number of hydrogen-bond acceptors (Lipinski definition) is 3. The van der Waals surface area contributed by atoms with Crippen LogP contribution in [0.2, 0.25) is 0 Å². The van der Waals surface area contributed by atoms with E-state index in [4.69, 9.17) is 10.00 Å². The van der Waals surface area contributed by atoms with Crippen LogP contribution in [0.3, 0.4) is 0 Å². The number of carbonyl (C=O) groups excluding carboxylic acids is 1. The van der Waals surface area contributed by atoms with Crippen molar-refractivity contribution in [2.45, 2.75) is 26.2 Å². The Morgan fingerprint density at radius 3 is 2.43 bits per heavy atom. The minimum Gasteiger partial charge on any atom is -0.484 e. The van der Waals surface area contributed by atoms with Gasteiger partial charge >= 0.3 is 0 Å². The first kappa shape index (κ1) is 16.6. The Morgan fingerprint density at radius 1 is 1.13 bits per heavy atom. The summed E-state index contributed by atoms with van der Waals surface area (Å²) < 4.78 is 5.39. The Kier molecular flexibility index (Phi) is 6.19. The molecule has 0 saturated carbocycles. The number of amides is 1. The van der Waals surface area contributed by atoms with Gasteiger partial charge in [0.15, 0.2) is 6.61 Å². The average Bonchev–Trinajstić information content (AvgIpc) is 2.60. The van der Waals surface area contributed by atoms with Gasteiger partial charge in [0.1, 0.15) is 5.75 Å². The molecule has 0 heterocycles. The van der Waals surface area contributed by atoms with E-state index in [9.17, 15) is 4.79 Å². The van der Waals surface area contributed by atoms with Crippen molar-refractivity contribution >= 4 is 11.6 Å². The molecular weight excluding hydrogens is 288 g/mol. The molecule has 1 N–H and O–H groups in total. The number of hydrogen-bond donors (Lipinski definition) is 1. The molecule has 0 aromatic heterocycles. The van der Waals surface area contributed by atoms with Crippen LogP contribution >= 0.6 is 0 Å². The lowest BCUT2D eigenvalue weighted by Gasteiger charge is -2.08. The summed E-state index contributed by atoms with van der Waals surface area (Å²) in [6.45, 7) is 2.10. The highest BCUT2D eigenvalue weighted by Gasteiger charge is 2.04. The molecule has 2 aromatic carbocycles. The van der Waals surface area contributed by atoms with Gasteiger partial charge < -0.3 is 10.1 Å². The molecule has 4 heteroatoms. The highest BCUT2D eigenvalue weighted by atomic mass is 16.5. The third-order valence-electron chi connectivity index (χ3n) is 3.41. The third-order valence-corrected chi connectivity index (χ3v) is 3.41. The van der Waals surface area contributed by atoms with Gasteiger partial charge in [-0.3, -0.25) is 4.79 Å². The largest absolute Gasteiger partial charge is 0.484 e. The zero-order valence-corrected chi connectivity index (χ0v) is 13.2. The number of unbranched alkanes of at least 4 members (excludes halogenated alkanes) is 1. The Hall–Kier alpha value is -2.80. The number of ether oxygens (including phenoxy) is 1. The summed E-state index contributed by atoms with van der Waals surface area (Å²) in [7, 11) is 0. The summed E-state index contributed by atoms with van der Waals surface area (Å²) in [6, 6.07) is 16.6. The molecule has 0 unspecified atom stereocenters. The first-order valence-corrected chi connectivity index (χ1v) is 7.73. The fourth-order valence-corrected chi connectivity index (χ4v) is 2.11. The van der Waals surface area contributed by atoms with Crippen molar-refractivity contribution in [1.29, 1.82) is 5.26 Å². The number of nitriles is 1. The Balaban J connectivity index is 1.80. The molecular formula is C19H20N2O2. The van der Waals surface area contributed by atoms with Crippen molar-refractivity contribution in [3.63, 3.8) is 0 Å². The van der Waals surface area contributed by atoms with Crippen molar-refractivity contribution in [2.75, 3.05) is 11.9 Å². The number of nitrogens with one attached hydrogen (secondary N) is 1. The lowest BCUT2D eigenvalue weighted by molar-refractivity contribution is -0.118. The maximum Gasteiger partial charge on any atom is 0.262 e.